The van der Waals surface area contributed by atoms with E-state index in [1.807, 2.05) is 48.5 Å². The maximum Gasteiger partial charge on any atom is 0.337 e. The number of benzene rings is 2. The first-order valence-electron chi connectivity index (χ1n) is 10.3. The van der Waals surface area contributed by atoms with Gasteiger partial charge in [-0.05, 0) is 38.5 Å². The van der Waals surface area contributed by atoms with Gasteiger partial charge in [-0.15, -0.1) is 0 Å². The van der Waals surface area contributed by atoms with Crippen LogP contribution in [0.15, 0.2) is 82.5 Å². The van der Waals surface area contributed by atoms with Crippen molar-refractivity contribution >= 4 is 29.3 Å². The molecule has 1 amide bonds. The van der Waals surface area contributed by atoms with Gasteiger partial charge in [0.05, 0.1) is 34.4 Å². The van der Waals surface area contributed by atoms with E-state index in [1.165, 1.54) is 11.8 Å². The highest BCUT2D eigenvalue weighted by molar-refractivity contribution is 8.03. The SMILES string of the molecule is CCOC(=O)C1=C(S[C@@H](C)C#N)NC(C)=C(C(=O)Nc2ccccc2)[C@@H]1c1ccccc1. The molecule has 2 aromatic carbocycles. The molecule has 0 aliphatic carbocycles. The summed E-state index contributed by atoms with van der Waals surface area (Å²) in [5.41, 5.74) is 2.82. The van der Waals surface area contributed by atoms with E-state index in [0.29, 0.717) is 27.6 Å². The normalized spacial score (nSPS) is 16.6. The molecule has 0 bridgehead atoms. The van der Waals surface area contributed by atoms with Crippen molar-refractivity contribution in [3.8, 4) is 6.07 Å². The van der Waals surface area contributed by atoms with E-state index in [9.17, 15) is 14.9 Å². The van der Waals surface area contributed by atoms with Crippen LogP contribution in [0.5, 0.6) is 0 Å². The highest BCUT2D eigenvalue weighted by Gasteiger charge is 2.38. The summed E-state index contributed by atoms with van der Waals surface area (Å²) < 4.78 is 5.37. The van der Waals surface area contributed by atoms with Crippen molar-refractivity contribution in [1.29, 1.82) is 5.26 Å². The minimum atomic E-state index is -0.645. The minimum absolute atomic E-state index is 0.198. The van der Waals surface area contributed by atoms with E-state index < -0.39 is 17.1 Å². The second-order valence-corrected chi connectivity index (χ2v) is 8.53. The number of nitriles is 1. The molecule has 0 saturated heterocycles. The lowest BCUT2D eigenvalue weighted by atomic mass is 9.81. The Balaban J connectivity index is 2.14. The van der Waals surface area contributed by atoms with Gasteiger partial charge >= 0.3 is 5.97 Å². The quantitative estimate of drug-likeness (QED) is 0.598. The first-order valence-corrected chi connectivity index (χ1v) is 11.2. The summed E-state index contributed by atoms with van der Waals surface area (Å²) in [6.45, 7) is 5.50. The van der Waals surface area contributed by atoms with Gasteiger partial charge in [0, 0.05) is 17.0 Å². The summed E-state index contributed by atoms with van der Waals surface area (Å²) >= 11 is 1.24. The van der Waals surface area contributed by atoms with Crippen molar-refractivity contribution in [2.24, 2.45) is 0 Å². The number of hydrogen-bond acceptors (Lipinski definition) is 6. The van der Waals surface area contributed by atoms with Crippen LogP contribution in [-0.4, -0.2) is 23.7 Å². The van der Waals surface area contributed by atoms with Crippen molar-refractivity contribution < 1.29 is 14.3 Å². The van der Waals surface area contributed by atoms with Crippen LogP contribution in [0.1, 0.15) is 32.3 Å². The number of thioether (sulfide) groups is 1. The molecule has 2 aromatic rings. The number of nitrogens with one attached hydrogen (secondary N) is 2. The van der Waals surface area contributed by atoms with E-state index in [1.54, 1.807) is 32.9 Å². The molecule has 7 heteroatoms. The number of rotatable bonds is 7. The lowest BCUT2D eigenvalue weighted by molar-refractivity contribution is -0.138. The van der Waals surface area contributed by atoms with Crippen LogP contribution in [0, 0.1) is 11.3 Å². The van der Waals surface area contributed by atoms with Crippen LogP contribution in [-0.2, 0) is 14.3 Å². The lowest BCUT2D eigenvalue weighted by Gasteiger charge is -2.32. The summed E-state index contributed by atoms with van der Waals surface area (Å²) in [5, 5.41) is 15.6. The Morgan fingerprint density at radius 1 is 1.12 bits per heavy atom. The van der Waals surface area contributed by atoms with E-state index in [4.69, 9.17) is 4.74 Å². The Bertz CT molecular complexity index is 1090. The molecule has 164 valence electrons. The van der Waals surface area contributed by atoms with Gasteiger partial charge in [0.2, 0.25) is 0 Å². The van der Waals surface area contributed by atoms with E-state index in [-0.39, 0.29) is 12.5 Å². The van der Waals surface area contributed by atoms with Crippen molar-refractivity contribution in [3.05, 3.63) is 88.1 Å². The van der Waals surface area contributed by atoms with Crippen LogP contribution in [0.2, 0.25) is 0 Å². The minimum Gasteiger partial charge on any atom is -0.463 e. The third-order valence-electron chi connectivity index (χ3n) is 4.91. The number of esters is 1. The molecule has 3 rings (SSSR count). The van der Waals surface area contributed by atoms with Gasteiger partial charge in [-0.2, -0.15) is 5.26 Å². The summed E-state index contributed by atoms with van der Waals surface area (Å²) in [6.07, 6.45) is 0. The molecular formula is C25H25N3O3S. The Labute approximate surface area is 192 Å². The summed E-state index contributed by atoms with van der Waals surface area (Å²) in [7, 11) is 0. The third kappa shape index (κ3) is 5.21. The standard InChI is InChI=1S/C25H25N3O3S/c1-4-31-25(30)22-21(18-11-7-5-8-12-18)20(17(3)27-24(22)32-16(2)15-26)23(29)28-19-13-9-6-10-14-19/h5-14,16,21,27H,4H2,1-3H3,(H,28,29)/t16-,21-/m0/s1. The molecule has 1 aliphatic rings. The average Bonchev–Trinajstić information content (AvgIpc) is 2.79. The summed E-state index contributed by atoms with van der Waals surface area (Å²) in [4.78, 5) is 26.6. The van der Waals surface area contributed by atoms with Crippen LogP contribution >= 0.6 is 11.8 Å². The molecule has 1 aliphatic heterocycles. The van der Waals surface area contributed by atoms with Crippen LogP contribution < -0.4 is 10.6 Å². The van der Waals surface area contributed by atoms with Crippen molar-refractivity contribution in [2.75, 3.05) is 11.9 Å². The van der Waals surface area contributed by atoms with Crippen LogP contribution in [0.25, 0.3) is 0 Å². The highest BCUT2D eigenvalue weighted by Crippen LogP contribution is 2.42. The predicted octanol–water partition coefficient (Wildman–Crippen LogP) is 4.71. The number of dihydropyridines is 1. The average molecular weight is 448 g/mol. The number of hydrogen-bond donors (Lipinski definition) is 2. The molecule has 0 fully saturated rings. The van der Waals surface area contributed by atoms with Gasteiger partial charge in [-0.1, -0.05) is 60.3 Å². The molecule has 2 N–H and O–H groups in total. The molecular weight excluding hydrogens is 422 g/mol. The Hall–Kier alpha value is -3.50. The van der Waals surface area contributed by atoms with Gasteiger partial charge in [0.1, 0.15) is 0 Å². The number of carbonyl (C=O) groups excluding carboxylic acids is 2. The second kappa shape index (κ2) is 10.7. The number of anilines is 1. The molecule has 2 atom stereocenters. The zero-order chi connectivity index (χ0) is 23.1. The fraction of sp³-hybridized carbons (Fsp3) is 0.240. The van der Waals surface area contributed by atoms with Crippen molar-refractivity contribution in [1.82, 2.24) is 5.32 Å². The van der Waals surface area contributed by atoms with E-state index >= 15 is 0 Å². The number of amides is 1. The van der Waals surface area contributed by atoms with Crippen LogP contribution in [0.3, 0.4) is 0 Å². The molecule has 6 nitrogen and oxygen atoms in total. The largest absolute Gasteiger partial charge is 0.463 e. The number of carbonyl (C=O) groups is 2. The number of ether oxygens (including phenoxy) is 1. The summed E-state index contributed by atoms with van der Waals surface area (Å²) in [6, 6.07) is 20.7. The van der Waals surface area contributed by atoms with Crippen molar-refractivity contribution in [3.63, 3.8) is 0 Å². The fourth-order valence-corrected chi connectivity index (χ4v) is 4.46. The molecule has 0 radical (unpaired) electrons. The second-order valence-electron chi connectivity index (χ2n) is 7.18. The van der Waals surface area contributed by atoms with Crippen molar-refractivity contribution in [2.45, 2.75) is 31.9 Å². The monoisotopic (exact) mass is 447 g/mol. The topological polar surface area (TPSA) is 91.2 Å². The maximum absolute atomic E-state index is 13.4. The zero-order valence-corrected chi connectivity index (χ0v) is 19.0. The zero-order valence-electron chi connectivity index (χ0n) is 18.2. The smallest absolute Gasteiger partial charge is 0.337 e. The maximum atomic E-state index is 13.4. The number of nitrogens with zero attached hydrogens (tertiary/aromatic N) is 1. The lowest BCUT2D eigenvalue weighted by Crippen LogP contribution is -2.34. The summed E-state index contributed by atoms with van der Waals surface area (Å²) in [5.74, 6) is -1.47. The molecule has 0 spiro atoms. The van der Waals surface area contributed by atoms with E-state index in [2.05, 4.69) is 16.7 Å². The molecule has 0 saturated carbocycles. The molecule has 1 heterocycles. The molecule has 0 aromatic heterocycles. The number of allylic oxidation sites excluding steroid dienone is 1. The van der Waals surface area contributed by atoms with Gasteiger partial charge in [-0.25, -0.2) is 4.79 Å². The molecule has 0 unspecified atom stereocenters. The first kappa shape index (κ1) is 23.2. The molecule has 32 heavy (non-hydrogen) atoms. The predicted molar refractivity (Wildman–Crippen MR) is 126 cm³/mol. The van der Waals surface area contributed by atoms with Gasteiger partial charge in [0.15, 0.2) is 0 Å². The third-order valence-corrected chi connectivity index (χ3v) is 5.92. The Kier molecular flexibility index (Phi) is 7.74. The highest BCUT2D eigenvalue weighted by atomic mass is 32.2. The Morgan fingerprint density at radius 3 is 2.34 bits per heavy atom. The van der Waals surface area contributed by atoms with Crippen LogP contribution in [0.4, 0.5) is 5.69 Å². The first-order chi connectivity index (χ1) is 15.5. The Morgan fingerprint density at radius 2 is 1.75 bits per heavy atom. The van der Waals surface area contributed by atoms with Gasteiger partial charge < -0.3 is 15.4 Å². The number of para-hydroxylation sites is 1. The van der Waals surface area contributed by atoms with E-state index in [0.717, 1.165) is 5.56 Å². The van der Waals surface area contributed by atoms with Gasteiger partial charge in [0.25, 0.3) is 5.91 Å². The van der Waals surface area contributed by atoms with Gasteiger partial charge in [-0.3, -0.25) is 4.79 Å². The fourth-order valence-electron chi connectivity index (χ4n) is 3.51.